The summed E-state index contributed by atoms with van der Waals surface area (Å²) in [6.45, 7) is 7.42. The Balaban J connectivity index is 1.62. The number of hydrogen-bond acceptors (Lipinski definition) is 5. The van der Waals surface area contributed by atoms with Crippen LogP contribution < -0.4 is 10.6 Å². The molecule has 0 unspecified atom stereocenters. The largest absolute Gasteiger partial charge is 0.333 e. The molecule has 4 amide bonds. The van der Waals surface area contributed by atoms with Crippen LogP contribution in [0.2, 0.25) is 0 Å². The molecule has 2 aromatic carbocycles. The molecular formula is C32H37F2N5O4. The quantitative estimate of drug-likeness (QED) is 0.416. The van der Waals surface area contributed by atoms with E-state index in [-0.39, 0.29) is 49.2 Å². The summed E-state index contributed by atoms with van der Waals surface area (Å²) in [7, 11) is 1.44. The van der Waals surface area contributed by atoms with Gasteiger partial charge in [0.2, 0.25) is 23.6 Å². The zero-order valence-corrected chi connectivity index (χ0v) is 25.0. The number of halogens is 2. The maximum Gasteiger partial charge on any atom is 0.246 e. The van der Waals surface area contributed by atoms with Crippen LogP contribution >= 0.6 is 0 Å². The summed E-state index contributed by atoms with van der Waals surface area (Å²) in [5, 5.41) is 15.4. The predicted molar refractivity (Wildman–Crippen MR) is 156 cm³/mol. The number of anilines is 2. The average Bonchev–Trinajstić information content (AvgIpc) is 3.46. The van der Waals surface area contributed by atoms with Crippen molar-refractivity contribution in [2.75, 3.05) is 24.2 Å². The molecule has 2 aliphatic rings. The third-order valence-corrected chi connectivity index (χ3v) is 8.16. The van der Waals surface area contributed by atoms with Crippen LogP contribution in [0.25, 0.3) is 0 Å². The van der Waals surface area contributed by atoms with Crippen LogP contribution in [-0.2, 0) is 24.6 Å². The molecule has 11 heteroatoms. The van der Waals surface area contributed by atoms with Crippen molar-refractivity contribution < 1.29 is 28.0 Å². The van der Waals surface area contributed by atoms with Gasteiger partial charge in [-0.05, 0) is 48.4 Å². The maximum absolute atomic E-state index is 14.2. The summed E-state index contributed by atoms with van der Waals surface area (Å²) in [6, 6.07) is 10.0. The van der Waals surface area contributed by atoms with E-state index in [0.29, 0.717) is 11.8 Å². The summed E-state index contributed by atoms with van der Waals surface area (Å²) in [4.78, 5) is 57.3. The van der Waals surface area contributed by atoms with Crippen molar-refractivity contribution in [3.05, 3.63) is 59.7 Å². The zero-order chi connectivity index (χ0) is 31.6. The van der Waals surface area contributed by atoms with Gasteiger partial charge in [-0.25, -0.2) is 8.78 Å². The van der Waals surface area contributed by atoms with Gasteiger partial charge in [0.15, 0.2) is 0 Å². The van der Waals surface area contributed by atoms with Crippen LogP contribution in [0, 0.1) is 40.7 Å². The number of rotatable bonds is 9. The van der Waals surface area contributed by atoms with Gasteiger partial charge in [-0.1, -0.05) is 45.9 Å². The number of hydrogen-bond donors (Lipinski definition) is 2. The second kappa shape index (κ2) is 12.5. The lowest BCUT2D eigenvalue weighted by Crippen LogP contribution is -2.54. The van der Waals surface area contributed by atoms with E-state index in [2.05, 4.69) is 16.7 Å². The fraction of sp³-hybridized carbons (Fsp3) is 0.469. The molecule has 0 aliphatic carbocycles. The molecule has 4 atom stereocenters. The minimum Gasteiger partial charge on any atom is -0.333 e. The highest BCUT2D eigenvalue weighted by molar-refractivity contribution is 6.08. The molecule has 9 nitrogen and oxygen atoms in total. The first kappa shape index (κ1) is 31.6. The van der Waals surface area contributed by atoms with Crippen molar-refractivity contribution in [3.63, 3.8) is 0 Å². The number of likely N-dealkylation sites (tertiary alicyclic amines) is 1. The van der Waals surface area contributed by atoms with Crippen molar-refractivity contribution in [1.29, 1.82) is 5.26 Å². The summed E-state index contributed by atoms with van der Waals surface area (Å²) < 4.78 is 27.5. The summed E-state index contributed by atoms with van der Waals surface area (Å²) >= 11 is 0. The van der Waals surface area contributed by atoms with Crippen LogP contribution in [0.15, 0.2) is 42.5 Å². The molecule has 228 valence electrons. The molecule has 43 heavy (non-hydrogen) atoms. The van der Waals surface area contributed by atoms with Gasteiger partial charge in [0.25, 0.3) is 0 Å². The van der Waals surface area contributed by atoms with E-state index in [4.69, 9.17) is 0 Å². The first-order chi connectivity index (χ1) is 20.3. The molecule has 1 fully saturated rings. The summed E-state index contributed by atoms with van der Waals surface area (Å²) in [5.41, 5.74) is 0.154. The Morgan fingerprint density at radius 1 is 1.09 bits per heavy atom. The van der Waals surface area contributed by atoms with Gasteiger partial charge in [-0.3, -0.25) is 19.2 Å². The zero-order valence-electron chi connectivity index (χ0n) is 25.0. The highest BCUT2D eigenvalue weighted by atomic mass is 19.1. The Morgan fingerprint density at radius 3 is 2.33 bits per heavy atom. The Morgan fingerprint density at radius 2 is 1.72 bits per heavy atom. The van der Waals surface area contributed by atoms with Crippen LogP contribution in [0.3, 0.4) is 0 Å². The van der Waals surface area contributed by atoms with Gasteiger partial charge in [0.1, 0.15) is 29.6 Å². The molecule has 0 saturated carbocycles. The number of nitriles is 1. The minimum atomic E-state index is -1.25. The fourth-order valence-electron chi connectivity index (χ4n) is 6.09. The smallest absolute Gasteiger partial charge is 0.246 e. The van der Waals surface area contributed by atoms with Crippen LogP contribution in [0.5, 0.6) is 0 Å². The predicted octanol–water partition coefficient (Wildman–Crippen LogP) is 4.45. The van der Waals surface area contributed by atoms with Crippen molar-refractivity contribution >= 4 is 35.0 Å². The number of nitrogens with one attached hydrogen (secondary N) is 2. The number of fused-ring (bicyclic) bond motifs is 2. The van der Waals surface area contributed by atoms with Gasteiger partial charge < -0.3 is 20.4 Å². The first-order valence-electron chi connectivity index (χ1n) is 14.4. The van der Waals surface area contributed by atoms with Crippen molar-refractivity contribution in [2.24, 2.45) is 17.8 Å². The number of carbonyl (C=O) groups is 4. The third kappa shape index (κ3) is 6.38. The normalized spacial score (nSPS) is 20.5. The molecule has 1 saturated heterocycles. The number of benzene rings is 2. The Kier molecular flexibility index (Phi) is 9.18. The average molecular weight is 594 g/mol. The number of likely N-dealkylation sites (N-methyl/N-ethyl adjacent to an activating group) is 1. The van der Waals surface area contributed by atoms with E-state index in [0.717, 1.165) is 17.7 Å². The minimum absolute atomic E-state index is 0.0232. The van der Waals surface area contributed by atoms with E-state index in [1.165, 1.54) is 16.8 Å². The van der Waals surface area contributed by atoms with Gasteiger partial charge in [-0.2, -0.15) is 5.26 Å². The lowest BCUT2D eigenvalue weighted by molar-refractivity contribution is -0.150. The van der Waals surface area contributed by atoms with E-state index >= 15 is 0 Å². The van der Waals surface area contributed by atoms with Gasteiger partial charge in [0, 0.05) is 37.5 Å². The van der Waals surface area contributed by atoms with Crippen molar-refractivity contribution in [2.45, 2.75) is 64.5 Å². The Labute approximate surface area is 250 Å². The lowest BCUT2D eigenvalue weighted by atomic mass is 9.80. The van der Waals surface area contributed by atoms with E-state index < -0.39 is 52.8 Å². The molecule has 1 spiro atoms. The second-order valence-corrected chi connectivity index (χ2v) is 12.3. The van der Waals surface area contributed by atoms with E-state index in [1.54, 1.807) is 18.2 Å². The van der Waals surface area contributed by atoms with Crippen LogP contribution in [0.4, 0.5) is 20.2 Å². The van der Waals surface area contributed by atoms with Gasteiger partial charge in [0.05, 0.1) is 11.5 Å². The number of para-hydroxylation sites is 1. The molecule has 0 aromatic heterocycles. The van der Waals surface area contributed by atoms with Crippen LogP contribution in [0.1, 0.15) is 52.5 Å². The number of carbonyl (C=O) groups excluding carboxylic acids is 4. The molecule has 2 aliphatic heterocycles. The van der Waals surface area contributed by atoms with Gasteiger partial charge in [-0.15, -0.1) is 0 Å². The Hall–Kier alpha value is -4.33. The molecule has 2 N–H and O–H groups in total. The van der Waals surface area contributed by atoms with E-state index in [1.807, 2.05) is 33.8 Å². The first-order valence-corrected chi connectivity index (χ1v) is 14.4. The number of amides is 4. The Bertz CT molecular complexity index is 1450. The van der Waals surface area contributed by atoms with Gasteiger partial charge >= 0.3 is 0 Å². The standard InChI is InChI=1S/C32H37F2N5O4/c1-18(2)10-24(28(40)36-22-13-20(33)12-21(34)14-22)29(41)38(5)27(11-19(3)4)30(42)39-17-32(15-23(39)16-35)25-8-6-7-9-26(25)37-31(32)43/h6-9,12-14,18-19,23-24,27H,10-11,15,17H2,1-5H3,(H,36,40)(H,37,43)/t23-,24-,27-,32-/m0/s1. The summed E-state index contributed by atoms with van der Waals surface area (Å²) in [5.74, 6) is -5.29. The molecule has 4 rings (SSSR count). The maximum atomic E-state index is 14.2. The second-order valence-electron chi connectivity index (χ2n) is 12.3. The SMILES string of the molecule is CC(C)C[C@@H](C(=O)Nc1cc(F)cc(F)c1)C(=O)N(C)[C@@H](CC(C)C)C(=O)N1C[C@]2(C[C@H]1C#N)C(=O)Nc1ccccc12. The lowest BCUT2D eigenvalue weighted by Gasteiger charge is -2.35. The topological polar surface area (TPSA) is 123 Å². The van der Waals surface area contributed by atoms with Crippen molar-refractivity contribution in [1.82, 2.24) is 9.80 Å². The van der Waals surface area contributed by atoms with Crippen molar-refractivity contribution in [3.8, 4) is 6.07 Å². The molecule has 2 heterocycles. The van der Waals surface area contributed by atoms with Crippen LogP contribution in [-0.4, -0.2) is 59.1 Å². The number of nitrogens with zero attached hydrogens (tertiary/aromatic N) is 3. The molecule has 0 radical (unpaired) electrons. The third-order valence-electron chi connectivity index (χ3n) is 8.16. The summed E-state index contributed by atoms with van der Waals surface area (Å²) in [6.07, 6.45) is 0.489. The highest BCUT2D eigenvalue weighted by Gasteiger charge is 2.56. The van der Waals surface area contributed by atoms with E-state index in [9.17, 15) is 33.2 Å². The molecular weight excluding hydrogens is 556 g/mol. The molecule has 2 aromatic rings. The monoisotopic (exact) mass is 593 g/mol. The highest BCUT2D eigenvalue weighted by Crippen LogP contribution is 2.46. The molecule has 0 bridgehead atoms. The fourth-order valence-corrected chi connectivity index (χ4v) is 6.09.